The molecule has 0 atom stereocenters. The molecule has 2 fully saturated rings. The Balaban J connectivity index is 1.45. The molecule has 2 aliphatic rings. The zero-order chi connectivity index (χ0) is 25.5. The SMILES string of the molecule is C=C(C)N1CCC(n2c(=O)[nH]c(=O)c3cnc4ccc(-c5cnc(N6CCOCC6)nc5)nc4c32)CC1. The maximum atomic E-state index is 13.1. The first-order chi connectivity index (χ1) is 18.0. The van der Waals surface area contributed by atoms with E-state index >= 15 is 0 Å². The lowest BCUT2D eigenvalue weighted by atomic mass is 10.0. The van der Waals surface area contributed by atoms with Crippen molar-refractivity contribution in [3.63, 3.8) is 0 Å². The van der Waals surface area contributed by atoms with Crippen molar-refractivity contribution in [1.29, 1.82) is 0 Å². The molecule has 11 heteroatoms. The largest absolute Gasteiger partial charge is 0.378 e. The summed E-state index contributed by atoms with van der Waals surface area (Å²) in [5, 5.41) is 0.345. The summed E-state index contributed by atoms with van der Waals surface area (Å²) in [4.78, 5) is 51.1. The van der Waals surface area contributed by atoms with Gasteiger partial charge in [-0.1, -0.05) is 6.58 Å². The van der Waals surface area contributed by atoms with Crippen LogP contribution in [0.2, 0.25) is 0 Å². The quantitative estimate of drug-likeness (QED) is 0.420. The molecule has 6 rings (SSSR count). The van der Waals surface area contributed by atoms with E-state index in [4.69, 9.17) is 9.72 Å². The third-order valence-corrected chi connectivity index (χ3v) is 7.21. The van der Waals surface area contributed by atoms with Crippen LogP contribution in [-0.4, -0.2) is 73.8 Å². The number of pyridine rings is 2. The number of likely N-dealkylation sites (tertiary alicyclic amines) is 1. The Kier molecular flexibility index (Phi) is 5.91. The van der Waals surface area contributed by atoms with E-state index in [-0.39, 0.29) is 6.04 Å². The number of allylic oxidation sites excluding steroid dienone is 1. The molecule has 0 spiro atoms. The fraction of sp³-hybridized carbons (Fsp3) is 0.385. The average molecular weight is 501 g/mol. The lowest BCUT2D eigenvalue weighted by Gasteiger charge is -2.34. The van der Waals surface area contributed by atoms with E-state index in [0.29, 0.717) is 46.8 Å². The third-order valence-electron chi connectivity index (χ3n) is 7.21. The van der Waals surface area contributed by atoms with Gasteiger partial charge in [-0.25, -0.2) is 19.7 Å². The number of piperidine rings is 1. The molecule has 2 saturated heterocycles. The van der Waals surface area contributed by atoms with Crippen LogP contribution in [0.15, 0.2) is 52.6 Å². The summed E-state index contributed by atoms with van der Waals surface area (Å²) in [7, 11) is 0. The molecule has 0 saturated carbocycles. The summed E-state index contributed by atoms with van der Waals surface area (Å²) in [6.07, 6.45) is 6.54. The van der Waals surface area contributed by atoms with Gasteiger partial charge in [-0.05, 0) is 31.9 Å². The van der Waals surface area contributed by atoms with Gasteiger partial charge in [0.1, 0.15) is 5.52 Å². The Hall–Kier alpha value is -4.12. The highest BCUT2D eigenvalue weighted by Crippen LogP contribution is 2.29. The van der Waals surface area contributed by atoms with Gasteiger partial charge in [0.25, 0.3) is 5.56 Å². The van der Waals surface area contributed by atoms with Crippen LogP contribution in [0, 0.1) is 0 Å². The van der Waals surface area contributed by atoms with Gasteiger partial charge in [-0.15, -0.1) is 0 Å². The number of nitrogens with zero attached hydrogens (tertiary/aromatic N) is 7. The first-order valence-corrected chi connectivity index (χ1v) is 12.5. The van der Waals surface area contributed by atoms with Gasteiger partial charge in [0.2, 0.25) is 5.95 Å². The zero-order valence-electron chi connectivity index (χ0n) is 20.7. The van der Waals surface area contributed by atoms with Crippen LogP contribution in [0.1, 0.15) is 25.8 Å². The van der Waals surface area contributed by atoms with Gasteiger partial charge >= 0.3 is 5.69 Å². The predicted molar refractivity (Wildman–Crippen MR) is 141 cm³/mol. The number of fused-ring (bicyclic) bond motifs is 3. The topological polar surface area (TPSA) is 122 Å². The van der Waals surface area contributed by atoms with E-state index in [2.05, 4.69) is 36.3 Å². The first kappa shape index (κ1) is 23.3. The second-order valence-corrected chi connectivity index (χ2v) is 9.54. The minimum atomic E-state index is -0.463. The lowest BCUT2D eigenvalue weighted by molar-refractivity contribution is 0.122. The summed E-state index contributed by atoms with van der Waals surface area (Å²) in [5.74, 6) is 0.654. The predicted octanol–water partition coefficient (Wildman–Crippen LogP) is 2.10. The van der Waals surface area contributed by atoms with E-state index < -0.39 is 11.2 Å². The Morgan fingerprint density at radius 2 is 1.76 bits per heavy atom. The Labute approximate surface area is 212 Å². The van der Waals surface area contributed by atoms with Crippen LogP contribution in [0.3, 0.4) is 0 Å². The maximum absolute atomic E-state index is 13.1. The molecule has 0 unspecified atom stereocenters. The molecule has 0 aromatic carbocycles. The minimum absolute atomic E-state index is 0.0744. The number of aromatic amines is 1. The monoisotopic (exact) mass is 500 g/mol. The molecule has 0 aliphatic carbocycles. The highest BCUT2D eigenvalue weighted by atomic mass is 16.5. The molecule has 0 bridgehead atoms. The summed E-state index contributed by atoms with van der Waals surface area (Å²) in [5.41, 5.74) is 3.15. The maximum Gasteiger partial charge on any atom is 0.329 e. The molecule has 4 aromatic heterocycles. The number of anilines is 1. The number of H-pyrrole nitrogens is 1. The van der Waals surface area contributed by atoms with E-state index in [1.807, 2.05) is 19.1 Å². The summed E-state index contributed by atoms with van der Waals surface area (Å²) < 4.78 is 7.11. The molecule has 0 radical (unpaired) electrons. The second-order valence-electron chi connectivity index (χ2n) is 9.54. The van der Waals surface area contributed by atoms with Crippen molar-refractivity contribution in [3.8, 4) is 11.3 Å². The number of hydrogen-bond donors (Lipinski definition) is 1. The van der Waals surface area contributed by atoms with Crippen LogP contribution in [0.25, 0.3) is 33.2 Å². The standard InChI is InChI=1S/C26H28N8O3/c1-16(2)32-7-5-18(6-8-32)34-23-19(24(35)31-26(34)36)15-27-21-4-3-20(30-22(21)23)17-13-28-25(29-14-17)33-9-11-37-12-10-33/h3-4,13-15,18H,1,5-12H2,2H3,(H,31,35,36). The van der Waals surface area contributed by atoms with E-state index in [1.54, 1.807) is 17.0 Å². The fourth-order valence-corrected chi connectivity index (χ4v) is 5.18. The van der Waals surface area contributed by atoms with Crippen molar-refractivity contribution in [2.75, 3.05) is 44.3 Å². The van der Waals surface area contributed by atoms with Crippen molar-refractivity contribution < 1.29 is 4.74 Å². The Morgan fingerprint density at radius 1 is 1.03 bits per heavy atom. The number of hydrogen-bond acceptors (Lipinski definition) is 9. The Morgan fingerprint density at radius 3 is 2.46 bits per heavy atom. The molecule has 190 valence electrons. The fourth-order valence-electron chi connectivity index (χ4n) is 5.18. The van der Waals surface area contributed by atoms with Gasteiger partial charge < -0.3 is 14.5 Å². The molecule has 2 aliphatic heterocycles. The zero-order valence-corrected chi connectivity index (χ0v) is 20.7. The number of ether oxygens (including phenoxy) is 1. The van der Waals surface area contributed by atoms with Gasteiger partial charge in [0.15, 0.2) is 0 Å². The second kappa shape index (κ2) is 9.40. The van der Waals surface area contributed by atoms with Gasteiger partial charge in [0.05, 0.1) is 35.3 Å². The minimum Gasteiger partial charge on any atom is -0.378 e. The van der Waals surface area contributed by atoms with E-state index in [0.717, 1.165) is 50.3 Å². The molecule has 6 heterocycles. The summed E-state index contributed by atoms with van der Waals surface area (Å²) in [6.45, 7) is 10.4. The average Bonchev–Trinajstić information content (AvgIpc) is 2.93. The highest BCUT2D eigenvalue weighted by molar-refractivity contribution is 6.01. The van der Waals surface area contributed by atoms with E-state index in [1.165, 1.54) is 6.20 Å². The van der Waals surface area contributed by atoms with Crippen LogP contribution >= 0.6 is 0 Å². The highest BCUT2D eigenvalue weighted by Gasteiger charge is 2.25. The van der Waals surface area contributed by atoms with Crippen molar-refractivity contribution in [3.05, 3.63) is 63.8 Å². The van der Waals surface area contributed by atoms with Gasteiger partial charge in [0, 0.05) is 62.1 Å². The van der Waals surface area contributed by atoms with Crippen molar-refractivity contribution in [2.24, 2.45) is 0 Å². The number of aromatic nitrogens is 6. The van der Waals surface area contributed by atoms with Crippen molar-refractivity contribution >= 4 is 27.9 Å². The lowest BCUT2D eigenvalue weighted by Crippen LogP contribution is -2.39. The third kappa shape index (κ3) is 4.25. The summed E-state index contributed by atoms with van der Waals surface area (Å²) in [6, 6.07) is 3.64. The summed E-state index contributed by atoms with van der Waals surface area (Å²) >= 11 is 0. The molecular weight excluding hydrogens is 472 g/mol. The van der Waals surface area contributed by atoms with Gasteiger partial charge in [-0.3, -0.25) is 19.3 Å². The van der Waals surface area contributed by atoms with Crippen LogP contribution in [0.5, 0.6) is 0 Å². The van der Waals surface area contributed by atoms with Gasteiger partial charge in [-0.2, -0.15) is 0 Å². The molecule has 1 N–H and O–H groups in total. The molecule has 0 amide bonds. The van der Waals surface area contributed by atoms with Crippen LogP contribution in [0.4, 0.5) is 5.95 Å². The van der Waals surface area contributed by atoms with E-state index in [9.17, 15) is 9.59 Å². The van der Waals surface area contributed by atoms with Crippen LogP contribution < -0.4 is 16.1 Å². The molecule has 37 heavy (non-hydrogen) atoms. The Bertz CT molecular complexity index is 1600. The smallest absolute Gasteiger partial charge is 0.329 e. The van der Waals surface area contributed by atoms with Crippen molar-refractivity contribution in [2.45, 2.75) is 25.8 Å². The first-order valence-electron chi connectivity index (χ1n) is 12.5. The normalized spacial score (nSPS) is 17.0. The number of morpholine rings is 1. The van der Waals surface area contributed by atoms with Crippen LogP contribution in [-0.2, 0) is 4.74 Å². The number of rotatable bonds is 4. The van der Waals surface area contributed by atoms with Crippen molar-refractivity contribution in [1.82, 2.24) is 34.4 Å². The molecular formula is C26H28N8O3. The molecule has 4 aromatic rings. The molecule has 11 nitrogen and oxygen atoms in total. The number of nitrogens with one attached hydrogen (secondary N) is 1.